The fourth-order valence-electron chi connectivity index (χ4n) is 9.45. The predicted octanol–water partition coefficient (Wildman–Crippen LogP) is 1.47. The van der Waals surface area contributed by atoms with E-state index in [4.69, 9.17) is 52.1 Å². The average Bonchev–Trinajstić information content (AvgIpc) is 3.36. The molecule has 5 rings (SSSR count). The maximum absolute atomic E-state index is 14.0. The van der Waals surface area contributed by atoms with Gasteiger partial charge >= 0.3 is 17.9 Å². The fraction of sp³-hybridized carbons (Fsp3) is 0.900. The summed E-state index contributed by atoms with van der Waals surface area (Å²) in [7, 11) is 0. The van der Waals surface area contributed by atoms with E-state index in [2.05, 4.69) is 6.92 Å². The first-order valence-electron chi connectivity index (χ1n) is 26.2. The molecule has 5 heterocycles. The first-order valence-corrected chi connectivity index (χ1v) is 26.2. The molecule has 2 bridgehead atoms. The van der Waals surface area contributed by atoms with Crippen molar-refractivity contribution < 1.29 is 107 Å². The average molecular weight is 1040 g/mol. The minimum atomic E-state index is -1.95. The number of aliphatic hydroxyl groups excluding tert-OH is 8. The Morgan fingerprint density at radius 3 is 1.90 bits per heavy atom. The number of hydrogen-bond acceptors (Lipinski definition) is 22. The van der Waals surface area contributed by atoms with Crippen LogP contribution in [0.2, 0.25) is 0 Å². The molecule has 72 heavy (non-hydrogen) atoms. The molecule has 0 spiro atoms. The third-order valence-electron chi connectivity index (χ3n) is 14.4. The lowest BCUT2D eigenvalue weighted by Gasteiger charge is -2.50. The molecule has 416 valence electrons. The molecule has 0 amide bonds. The van der Waals surface area contributed by atoms with Gasteiger partial charge in [0.15, 0.2) is 43.5 Å². The summed E-state index contributed by atoms with van der Waals surface area (Å²) >= 11 is 0. The second-order valence-corrected chi connectivity index (χ2v) is 19.9. The van der Waals surface area contributed by atoms with Crippen LogP contribution in [0.25, 0.3) is 0 Å². The minimum Gasteiger partial charge on any atom is -0.455 e. The van der Waals surface area contributed by atoms with Gasteiger partial charge in [0.1, 0.15) is 67.1 Å². The van der Waals surface area contributed by atoms with E-state index in [-0.39, 0.29) is 18.1 Å². The van der Waals surface area contributed by atoms with Crippen molar-refractivity contribution in [3.63, 3.8) is 0 Å². The zero-order valence-electron chi connectivity index (χ0n) is 42.9. The smallest absolute Gasteiger partial charge is 0.333 e. The maximum atomic E-state index is 14.0. The SMILES string of the molecule is CC=C(C)C(=O)OC1C(CO)OC(OC2C(C)OC3OC4C(OC(CO)C(O)C4O)OC4C(OC(CCCCC)CCCCCCCCCC(=O)OC2C3OC(=O)C(C)CC)OC(C)C(O)C4O)C(O)C1O. The highest BCUT2D eigenvalue weighted by atomic mass is 16.8. The topological polar surface area (TPSA) is 315 Å². The summed E-state index contributed by atoms with van der Waals surface area (Å²) in [6, 6.07) is 0. The number of unbranched alkanes of at least 4 members (excludes halogenated alkanes) is 2. The molecule has 5 aliphatic heterocycles. The molecule has 0 aromatic rings. The second-order valence-electron chi connectivity index (χ2n) is 19.9. The Labute approximate surface area is 422 Å². The fourth-order valence-corrected chi connectivity index (χ4v) is 9.45. The van der Waals surface area contributed by atoms with Gasteiger partial charge in [0.05, 0.1) is 37.4 Å². The van der Waals surface area contributed by atoms with Gasteiger partial charge in [0.25, 0.3) is 0 Å². The lowest BCUT2D eigenvalue weighted by molar-refractivity contribution is -0.399. The van der Waals surface area contributed by atoms with Crippen LogP contribution in [0, 0.1) is 5.92 Å². The van der Waals surface area contributed by atoms with Crippen LogP contribution in [-0.4, -0.2) is 201 Å². The molecule has 0 radical (unpaired) electrons. The molecule has 0 aliphatic carbocycles. The Hall–Kier alpha value is -2.49. The van der Waals surface area contributed by atoms with Crippen molar-refractivity contribution in [3.05, 3.63) is 11.6 Å². The van der Waals surface area contributed by atoms with Crippen LogP contribution < -0.4 is 0 Å². The lowest BCUT2D eigenvalue weighted by atomic mass is 9.95. The summed E-state index contributed by atoms with van der Waals surface area (Å²) in [4.78, 5) is 40.5. The summed E-state index contributed by atoms with van der Waals surface area (Å²) < 4.78 is 68.0. The number of ether oxygens (including phenoxy) is 11. The monoisotopic (exact) mass is 1040 g/mol. The van der Waals surface area contributed by atoms with E-state index in [0.29, 0.717) is 32.1 Å². The van der Waals surface area contributed by atoms with E-state index < -0.39 is 160 Å². The molecule has 5 fully saturated rings. The van der Waals surface area contributed by atoms with Crippen molar-refractivity contribution in [2.24, 2.45) is 5.92 Å². The summed E-state index contributed by atoms with van der Waals surface area (Å²) in [5, 5.41) is 89.3. The van der Waals surface area contributed by atoms with Gasteiger partial charge in [-0.05, 0) is 53.4 Å². The van der Waals surface area contributed by atoms with Gasteiger partial charge < -0.3 is 93.0 Å². The first-order chi connectivity index (χ1) is 34.4. The molecular formula is C50H84O22. The molecule has 0 aromatic heterocycles. The molecule has 5 aliphatic rings. The summed E-state index contributed by atoms with van der Waals surface area (Å²) in [5.41, 5.74) is 0.186. The molecule has 8 N–H and O–H groups in total. The van der Waals surface area contributed by atoms with Crippen LogP contribution >= 0.6 is 0 Å². The third kappa shape index (κ3) is 15.6. The number of carbonyl (C=O) groups is 3. The van der Waals surface area contributed by atoms with E-state index in [9.17, 15) is 55.2 Å². The summed E-state index contributed by atoms with van der Waals surface area (Å²) in [6.45, 7) is 9.93. The molecule has 22 unspecified atom stereocenters. The van der Waals surface area contributed by atoms with E-state index in [1.807, 2.05) is 0 Å². The maximum Gasteiger partial charge on any atom is 0.333 e. The van der Waals surface area contributed by atoms with Gasteiger partial charge in [0, 0.05) is 12.0 Å². The molecule has 0 saturated carbocycles. The largest absolute Gasteiger partial charge is 0.455 e. The van der Waals surface area contributed by atoms with E-state index in [1.54, 1.807) is 27.7 Å². The van der Waals surface area contributed by atoms with Crippen LogP contribution in [0.1, 0.15) is 138 Å². The molecule has 22 atom stereocenters. The Morgan fingerprint density at radius 1 is 0.653 bits per heavy atom. The number of aliphatic hydroxyl groups is 8. The quantitative estimate of drug-likeness (QED) is 0.0560. The van der Waals surface area contributed by atoms with Crippen LogP contribution in [0.5, 0.6) is 0 Å². The second kappa shape index (κ2) is 29.1. The summed E-state index contributed by atoms with van der Waals surface area (Å²) in [5.74, 6) is -3.11. The minimum absolute atomic E-state index is 0.0728. The van der Waals surface area contributed by atoms with Gasteiger partial charge in [0.2, 0.25) is 0 Å². The number of carbonyl (C=O) groups excluding carboxylic acids is 3. The van der Waals surface area contributed by atoms with Crippen molar-refractivity contribution in [2.45, 2.75) is 267 Å². The van der Waals surface area contributed by atoms with Crippen LogP contribution in [0.4, 0.5) is 0 Å². The first kappa shape index (κ1) is 60.4. The van der Waals surface area contributed by atoms with E-state index >= 15 is 0 Å². The highest BCUT2D eigenvalue weighted by molar-refractivity contribution is 5.87. The van der Waals surface area contributed by atoms with Gasteiger partial charge in [-0.3, -0.25) is 9.59 Å². The molecule has 22 nitrogen and oxygen atoms in total. The van der Waals surface area contributed by atoms with Gasteiger partial charge in [-0.25, -0.2) is 4.79 Å². The Bertz CT molecular complexity index is 1680. The molecule has 0 aromatic carbocycles. The zero-order valence-corrected chi connectivity index (χ0v) is 42.9. The van der Waals surface area contributed by atoms with Crippen LogP contribution in [0.15, 0.2) is 11.6 Å². The Balaban J connectivity index is 1.56. The number of esters is 3. The molecule has 22 heteroatoms. The zero-order chi connectivity index (χ0) is 52.8. The Kier molecular flexibility index (Phi) is 24.4. The molecule has 5 saturated heterocycles. The Morgan fingerprint density at radius 2 is 1.26 bits per heavy atom. The van der Waals surface area contributed by atoms with Crippen molar-refractivity contribution in [1.82, 2.24) is 0 Å². The van der Waals surface area contributed by atoms with Crippen molar-refractivity contribution in [2.75, 3.05) is 13.2 Å². The lowest BCUT2D eigenvalue weighted by Crippen LogP contribution is -2.68. The summed E-state index contributed by atoms with van der Waals surface area (Å²) in [6.07, 6.45) is -21.3. The number of rotatable bonds is 13. The number of hydrogen-bond donors (Lipinski definition) is 8. The van der Waals surface area contributed by atoms with Crippen molar-refractivity contribution in [1.29, 1.82) is 0 Å². The highest BCUT2D eigenvalue weighted by Gasteiger charge is 2.58. The van der Waals surface area contributed by atoms with Crippen molar-refractivity contribution >= 4 is 17.9 Å². The van der Waals surface area contributed by atoms with Crippen LogP contribution in [-0.2, 0) is 66.5 Å². The van der Waals surface area contributed by atoms with Gasteiger partial charge in [-0.15, -0.1) is 0 Å². The van der Waals surface area contributed by atoms with Gasteiger partial charge in [-0.1, -0.05) is 84.6 Å². The van der Waals surface area contributed by atoms with Crippen molar-refractivity contribution in [3.8, 4) is 0 Å². The number of allylic oxidation sites excluding steroid dienone is 1. The number of fused-ring (bicyclic) bond motifs is 4. The molecular weight excluding hydrogens is 953 g/mol. The predicted molar refractivity (Wildman–Crippen MR) is 250 cm³/mol. The van der Waals surface area contributed by atoms with E-state index in [0.717, 1.165) is 51.4 Å². The van der Waals surface area contributed by atoms with Gasteiger partial charge in [-0.2, -0.15) is 0 Å². The standard InChI is InChI=1S/C50H84O22/c1-8-11-17-20-29-21-18-15-13-12-14-16-19-22-32(53)67-43-39(70-47-38(59)37(58)40(31(24-52)66-47)68-45(60)25(4)9-2)28(7)63-50(44(43)69-46(61)26(5)10-3)72-42-36(57)34(55)30(23-51)65-49(42)71-41-35(56)33(54)27(6)62-48(41)64-29/h9,26-31,33-44,47-52,54-59H,8,10-24H2,1-7H3. The normalized spacial score (nSPS) is 41.8. The van der Waals surface area contributed by atoms with E-state index in [1.165, 1.54) is 19.9 Å². The van der Waals surface area contributed by atoms with Crippen LogP contribution in [0.3, 0.4) is 0 Å². The third-order valence-corrected chi connectivity index (χ3v) is 14.4. The highest BCUT2D eigenvalue weighted by Crippen LogP contribution is 2.38.